The summed E-state index contributed by atoms with van der Waals surface area (Å²) in [5, 5.41) is 6.21. The number of hydrogen-bond donors (Lipinski definition) is 1. The highest BCUT2D eigenvalue weighted by Gasteiger charge is 2.12. The van der Waals surface area contributed by atoms with Crippen LogP contribution in [0.4, 0.5) is 5.95 Å². The van der Waals surface area contributed by atoms with Gasteiger partial charge >= 0.3 is 0 Å². The van der Waals surface area contributed by atoms with Gasteiger partial charge in [0.05, 0.1) is 5.39 Å². The van der Waals surface area contributed by atoms with Gasteiger partial charge < -0.3 is 10.1 Å². The summed E-state index contributed by atoms with van der Waals surface area (Å²) in [5.74, 6) is 1.36. The lowest BCUT2D eigenvalue weighted by Gasteiger charge is -2.26. The van der Waals surface area contributed by atoms with Crippen LogP contribution in [0, 0.1) is 0 Å². The SMILES string of the molecule is CCNc1nc(OCCN2CCCCC2)c2ccsc2n1. The Morgan fingerprint density at radius 3 is 2.95 bits per heavy atom. The van der Waals surface area contributed by atoms with E-state index in [0.29, 0.717) is 18.4 Å². The van der Waals surface area contributed by atoms with Crippen molar-refractivity contribution in [1.82, 2.24) is 14.9 Å². The summed E-state index contributed by atoms with van der Waals surface area (Å²) in [4.78, 5) is 12.4. The van der Waals surface area contributed by atoms with Crippen LogP contribution in [0.15, 0.2) is 11.4 Å². The van der Waals surface area contributed by atoms with Crippen molar-refractivity contribution in [2.24, 2.45) is 0 Å². The van der Waals surface area contributed by atoms with E-state index in [-0.39, 0.29) is 0 Å². The summed E-state index contributed by atoms with van der Waals surface area (Å²) in [6.07, 6.45) is 3.99. The van der Waals surface area contributed by atoms with Crippen LogP contribution in [0.2, 0.25) is 0 Å². The Morgan fingerprint density at radius 2 is 2.14 bits per heavy atom. The molecule has 5 nitrogen and oxygen atoms in total. The number of aromatic nitrogens is 2. The zero-order chi connectivity index (χ0) is 14.5. The first-order valence-corrected chi connectivity index (χ1v) is 8.59. The Hall–Kier alpha value is -1.40. The number of ether oxygens (including phenoxy) is 1. The molecule has 2 aromatic rings. The standard InChI is InChI=1S/C15H22N4OS/c1-2-16-15-17-13(12-6-11-21-14(12)18-15)20-10-9-19-7-4-3-5-8-19/h6,11H,2-5,7-10H2,1H3,(H,16,17,18). The minimum Gasteiger partial charge on any atom is -0.476 e. The number of thiophene rings is 1. The molecule has 0 aromatic carbocycles. The Kier molecular flexibility index (Phi) is 4.87. The lowest BCUT2D eigenvalue weighted by molar-refractivity contribution is 0.181. The van der Waals surface area contributed by atoms with E-state index in [1.807, 2.05) is 18.4 Å². The number of nitrogens with one attached hydrogen (secondary N) is 1. The van der Waals surface area contributed by atoms with Crippen LogP contribution in [-0.2, 0) is 0 Å². The maximum atomic E-state index is 5.94. The predicted molar refractivity (Wildman–Crippen MR) is 87.4 cm³/mol. The van der Waals surface area contributed by atoms with Crippen molar-refractivity contribution in [2.45, 2.75) is 26.2 Å². The summed E-state index contributed by atoms with van der Waals surface area (Å²) in [6.45, 7) is 6.91. The van der Waals surface area contributed by atoms with Crippen molar-refractivity contribution in [3.63, 3.8) is 0 Å². The summed E-state index contributed by atoms with van der Waals surface area (Å²) in [6, 6.07) is 2.03. The summed E-state index contributed by atoms with van der Waals surface area (Å²) < 4.78 is 5.94. The first-order chi connectivity index (χ1) is 10.4. The van der Waals surface area contributed by atoms with Gasteiger partial charge in [0.15, 0.2) is 0 Å². The summed E-state index contributed by atoms with van der Waals surface area (Å²) in [7, 11) is 0. The van der Waals surface area contributed by atoms with Gasteiger partial charge in [-0.2, -0.15) is 4.98 Å². The van der Waals surface area contributed by atoms with Crippen molar-refractivity contribution in [3.05, 3.63) is 11.4 Å². The van der Waals surface area contributed by atoms with Crippen LogP contribution < -0.4 is 10.1 Å². The molecule has 0 bridgehead atoms. The average Bonchev–Trinajstić information content (AvgIpc) is 2.97. The van der Waals surface area contributed by atoms with E-state index in [1.165, 1.54) is 32.4 Å². The molecular formula is C15H22N4OS. The highest BCUT2D eigenvalue weighted by atomic mass is 32.1. The molecule has 1 N–H and O–H groups in total. The minimum absolute atomic E-state index is 0.653. The number of anilines is 1. The molecule has 0 saturated carbocycles. The molecule has 0 spiro atoms. The van der Waals surface area contributed by atoms with Crippen molar-refractivity contribution in [1.29, 1.82) is 0 Å². The number of likely N-dealkylation sites (tertiary alicyclic amines) is 1. The molecule has 1 aliphatic heterocycles. The number of hydrogen-bond acceptors (Lipinski definition) is 6. The topological polar surface area (TPSA) is 50.3 Å². The third-order valence-corrected chi connectivity index (χ3v) is 4.53. The zero-order valence-corrected chi connectivity index (χ0v) is 13.3. The van der Waals surface area contributed by atoms with Crippen LogP contribution >= 0.6 is 11.3 Å². The maximum Gasteiger partial charge on any atom is 0.227 e. The summed E-state index contributed by atoms with van der Waals surface area (Å²) >= 11 is 1.62. The normalized spacial score (nSPS) is 16.2. The summed E-state index contributed by atoms with van der Waals surface area (Å²) in [5.41, 5.74) is 0. The first-order valence-electron chi connectivity index (χ1n) is 7.71. The second-order valence-electron chi connectivity index (χ2n) is 5.27. The van der Waals surface area contributed by atoms with Crippen molar-refractivity contribution in [3.8, 4) is 5.88 Å². The predicted octanol–water partition coefficient (Wildman–Crippen LogP) is 2.99. The molecule has 6 heteroatoms. The molecule has 114 valence electrons. The molecule has 21 heavy (non-hydrogen) atoms. The van der Waals surface area contributed by atoms with Gasteiger partial charge in [-0.3, -0.25) is 4.90 Å². The highest BCUT2D eigenvalue weighted by Crippen LogP contribution is 2.28. The molecular weight excluding hydrogens is 284 g/mol. The average molecular weight is 306 g/mol. The molecule has 0 aliphatic carbocycles. The third kappa shape index (κ3) is 3.63. The quantitative estimate of drug-likeness (QED) is 0.889. The molecule has 1 saturated heterocycles. The van der Waals surface area contributed by atoms with Gasteiger partial charge in [0, 0.05) is 13.1 Å². The fourth-order valence-electron chi connectivity index (χ4n) is 2.63. The molecule has 3 rings (SSSR count). The molecule has 1 fully saturated rings. The molecule has 3 heterocycles. The molecule has 0 unspecified atom stereocenters. The highest BCUT2D eigenvalue weighted by molar-refractivity contribution is 7.16. The van der Waals surface area contributed by atoms with Gasteiger partial charge in [-0.15, -0.1) is 11.3 Å². The van der Waals surface area contributed by atoms with E-state index >= 15 is 0 Å². The Bertz CT molecular complexity index is 580. The monoisotopic (exact) mass is 306 g/mol. The number of fused-ring (bicyclic) bond motifs is 1. The van der Waals surface area contributed by atoms with Crippen LogP contribution in [0.3, 0.4) is 0 Å². The fraction of sp³-hybridized carbons (Fsp3) is 0.600. The van der Waals surface area contributed by atoms with E-state index in [0.717, 1.165) is 23.3 Å². The van der Waals surface area contributed by atoms with Gasteiger partial charge in [0.1, 0.15) is 11.4 Å². The number of nitrogens with zero attached hydrogens (tertiary/aromatic N) is 3. The van der Waals surface area contributed by atoms with E-state index in [4.69, 9.17) is 4.74 Å². The molecule has 2 aromatic heterocycles. The first kappa shape index (κ1) is 14.5. The van der Waals surface area contributed by atoms with Crippen molar-refractivity contribution >= 4 is 27.5 Å². The van der Waals surface area contributed by atoms with Crippen molar-refractivity contribution in [2.75, 3.05) is 38.1 Å². The second kappa shape index (κ2) is 7.04. The van der Waals surface area contributed by atoms with E-state index in [9.17, 15) is 0 Å². The van der Waals surface area contributed by atoms with Crippen molar-refractivity contribution < 1.29 is 4.74 Å². The molecule has 0 atom stereocenters. The second-order valence-corrected chi connectivity index (χ2v) is 6.17. The smallest absolute Gasteiger partial charge is 0.227 e. The van der Waals surface area contributed by atoms with Gasteiger partial charge in [-0.05, 0) is 44.3 Å². The number of piperidine rings is 1. The lowest BCUT2D eigenvalue weighted by atomic mass is 10.1. The van der Waals surface area contributed by atoms with E-state index in [2.05, 4.69) is 20.2 Å². The molecule has 0 amide bonds. The van der Waals surface area contributed by atoms with E-state index < -0.39 is 0 Å². The van der Waals surface area contributed by atoms with Crippen LogP contribution in [0.25, 0.3) is 10.2 Å². The Labute approximate surface area is 129 Å². The van der Waals surface area contributed by atoms with Gasteiger partial charge in [-0.1, -0.05) is 6.42 Å². The lowest BCUT2D eigenvalue weighted by Crippen LogP contribution is -2.33. The van der Waals surface area contributed by atoms with Crippen LogP contribution in [0.5, 0.6) is 5.88 Å². The van der Waals surface area contributed by atoms with E-state index in [1.54, 1.807) is 11.3 Å². The van der Waals surface area contributed by atoms with Gasteiger partial charge in [0.2, 0.25) is 11.8 Å². The molecule has 1 aliphatic rings. The van der Waals surface area contributed by atoms with Gasteiger partial charge in [0.25, 0.3) is 0 Å². The fourth-order valence-corrected chi connectivity index (χ4v) is 3.38. The largest absolute Gasteiger partial charge is 0.476 e. The Morgan fingerprint density at radius 1 is 1.29 bits per heavy atom. The minimum atomic E-state index is 0.653. The van der Waals surface area contributed by atoms with Gasteiger partial charge in [-0.25, -0.2) is 4.98 Å². The zero-order valence-electron chi connectivity index (χ0n) is 12.5. The van der Waals surface area contributed by atoms with Crippen LogP contribution in [-0.4, -0.2) is 47.7 Å². The maximum absolute atomic E-state index is 5.94. The number of rotatable bonds is 6. The Balaban J connectivity index is 1.65. The molecule has 0 radical (unpaired) electrons. The van der Waals surface area contributed by atoms with Crippen LogP contribution in [0.1, 0.15) is 26.2 Å². The third-order valence-electron chi connectivity index (χ3n) is 3.72.